The van der Waals surface area contributed by atoms with E-state index in [1.165, 1.54) is 31.2 Å². The molecular weight excluding hydrogens is 334 g/mol. The summed E-state index contributed by atoms with van der Waals surface area (Å²) in [6.07, 6.45) is 6.11. The zero-order valence-electron chi connectivity index (χ0n) is 16.9. The van der Waals surface area contributed by atoms with Gasteiger partial charge in [-0.1, -0.05) is 44.2 Å². The van der Waals surface area contributed by atoms with E-state index in [2.05, 4.69) is 70.8 Å². The molecule has 0 amide bonds. The molecule has 1 unspecified atom stereocenters. The fourth-order valence-electron chi connectivity index (χ4n) is 5.21. The highest BCUT2D eigenvalue weighted by atomic mass is 15.3. The molecule has 2 aromatic rings. The normalized spacial score (nSPS) is 26.6. The van der Waals surface area contributed by atoms with Crippen LogP contribution in [0.5, 0.6) is 0 Å². The molecule has 0 aliphatic carbocycles. The van der Waals surface area contributed by atoms with E-state index in [0.717, 1.165) is 24.6 Å². The summed E-state index contributed by atoms with van der Waals surface area (Å²) >= 11 is 0. The topological polar surface area (TPSA) is 60.0 Å². The predicted molar refractivity (Wildman–Crippen MR) is 109 cm³/mol. The lowest BCUT2D eigenvalue weighted by Gasteiger charge is -2.40. The molecule has 5 nitrogen and oxygen atoms in total. The average Bonchev–Trinajstić information content (AvgIpc) is 3.16. The van der Waals surface area contributed by atoms with Crippen molar-refractivity contribution in [3.8, 4) is 0 Å². The minimum atomic E-state index is 0.135. The molecule has 1 aromatic heterocycles. The van der Waals surface area contributed by atoms with Crippen molar-refractivity contribution < 1.29 is 0 Å². The first kappa shape index (κ1) is 18.6. The lowest BCUT2D eigenvalue weighted by atomic mass is 9.95. The van der Waals surface area contributed by atoms with Crippen LogP contribution in [0.4, 0.5) is 0 Å². The van der Waals surface area contributed by atoms with Crippen LogP contribution in [-0.4, -0.2) is 38.3 Å². The fraction of sp³-hybridized carbons (Fsp3) is 0.636. The summed E-state index contributed by atoms with van der Waals surface area (Å²) < 4.78 is 2.43. The molecule has 5 heteroatoms. The largest absolute Gasteiger partial charge is 0.324 e. The third kappa shape index (κ3) is 3.67. The van der Waals surface area contributed by atoms with Crippen LogP contribution in [0.2, 0.25) is 0 Å². The van der Waals surface area contributed by atoms with Crippen molar-refractivity contribution >= 4 is 0 Å². The SMILES string of the molecule is Cc1nnc(C(C)C)n1C1C[C@H]2CC[C@@H](C1)N2CC[C@H](N)c1ccccc1. The highest BCUT2D eigenvalue weighted by molar-refractivity contribution is 5.18. The van der Waals surface area contributed by atoms with Gasteiger partial charge in [0.1, 0.15) is 11.6 Å². The molecular formula is C22H33N5. The van der Waals surface area contributed by atoms with Gasteiger partial charge < -0.3 is 10.3 Å². The number of rotatable bonds is 6. The number of nitrogens with zero attached hydrogens (tertiary/aromatic N) is 4. The van der Waals surface area contributed by atoms with Crippen molar-refractivity contribution in [2.24, 2.45) is 5.73 Å². The van der Waals surface area contributed by atoms with E-state index in [-0.39, 0.29) is 6.04 Å². The summed E-state index contributed by atoms with van der Waals surface area (Å²) in [7, 11) is 0. The minimum Gasteiger partial charge on any atom is -0.324 e. The molecule has 2 aliphatic rings. The van der Waals surface area contributed by atoms with Crippen molar-refractivity contribution in [3.05, 3.63) is 47.5 Å². The van der Waals surface area contributed by atoms with Crippen LogP contribution >= 0.6 is 0 Å². The maximum absolute atomic E-state index is 6.45. The number of piperidine rings is 1. The molecule has 2 aliphatic heterocycles. The van der Waals surface area contributed by atoms with Gasteiger partial charge >= 0.3 is 0 Å². The lowest BCUT2D eigenvalue weighted by molar-refractivity contribution is 0.101. The molecule has 3 heterocycles. The standard InChI is InChI=1S/C22H33N5/c1-15(2)22-25-24-16(3)27(22)20-13-18-9-10-19(14-20)26(18)12-11-21(23)17-7-5-4-6-8-17/h4-8,15,18-21H,9-14,23H2,1-3H3/t18-,19+,20?,21-/m0/s1. The van der Waals surface area contributed by atoms with E-state index >= 15 is 0 Å². The molecule has 4 rings (SSSR count). The first-order valence-electron chi connectivity index (χ1n) is 10.5. The second kappa shape index (κ2) is 7.72. The van der Waals surface area contributed by atoms with Gasteiger partial charge in [-0.15, -0.1) is 10.2 Å². The average molecular weight is 368 g/mol. The van der Waals surface area contributed by atoms with Gasteiger partial charge in [0.25, 0.3) is 0 Å². The van der Waals surface area contributed by atoms with Crippen molar-refractivity contribution in [1.82, 2.24) is 19.7 Å². The smallest absolute Gasteiger partial charge is 0.135 e. The fourth-order valence-corrected chi connectivity index (χ4v) is 5.21. The summed E-state index contributed by atoms with van der Waals surface area (Å²) in [5.41, 5.74) is 7.70. The maximum atomic E-state index is 6.45. The predicted octanol–water partition coefficient (Wildman–Crippen LogP) is 3.97. The van der Waals surface area contributed by atoms with Gasteiger partial charge in [0.05, 0.1) is 0 Å². The number of aryl methyl sites for hydroxylation is 1. The van der Waals surface area contributed by atoms with Crippen LogP contribution in [0.15, 0.2) is 30.3 Å². The number of hydrogen-bond acceptors (Lipinski definition) is 4. The summed E-state index contributed by atoms with van der Waals surface area (Å²) in [4.78, 5) is 2.74. The Kier molecular flexibility index (Phi) is 5.33. The van der Waals surface area contributed by atoms with Crippen LogP contribution in [0, 0.1) is 6.92 Å². The van der Waals surface area contributed by atoms with Crippen molar-refractivity contribution in [1.29, 1.82) is 0 Å². The Balaban J connectivity index is 1.42. The highest BCUT2D eigenvalue weighted by Crippen LogP contribution is 2.42. The molecule has 0 saturated carbocycles. The first-order chi connectivity index (χ1) is 13.0. The monoisotopic (exact) mass is 367 g/mol. The van der Waals surface area contributed by atoms with E-state index in [1.807, 2.05) is 0 Å². The van der Waals surface area contributed by atoms with Gasteiger partial charge in [-0.2, -0.15) is 0 Å². The van der Waals surface area contributed by atoms with E-state index in [1.54, 1.807) is 0 Å². The van der Waals surface area contributed by atoms with Crippen molar-refractivity contribution in [2.75, 3.05) is 6.54 Å². The highest BCUT2D eigenvalue weighted by Gasteiger charge is 2.42. The second-order valence-electron chi connectivity index (χ2n) is 8.68. The van der Waals surface area contributed by atoms with Crippen molar-refractivity contribution in [3.63, 3.8) is 0 Å². The molecule has 2 bridgehead atoms. The third-order valence-corrected chi connectivity index (χ3v) is 6.56. The van der Waals surface area contributed by atoms with Crippen molar-refractivity contribution in [2.45, 2.75) is 83.0 Å². The minimum absolute atomic E-state index is 0.135. The summed E-state index contributed by atoms with van der Waals surface area (Å²) in [5.74, 6) is 2.64. The first-order valence-corrected chi connectivity index (χ1v) is 10.5. The number of fused-ring (bicyclic) bond motifs is 2. The van der Waals surface area contributed by atoms with Gasteiger partial charge in [0, 0.05) is 36.6 Å². The van der Waals surface area contributed by atoms with Gasteiger partial charge in [0.15, 0.2) is 0 Å². The molecule has 4 atom stereocenters. The zero-order chi connectivity index (χ0) is 19.0. The quantitative estimate of drug-likeness (QED) is 0.839. The Morgan fingerprint density at radius 1 is 1.04 bits per heavy atom. The van der Waals surface area contributed by atoms with Gasteiger partial charge in [0.2, 0.25) is 0 Å². The van der Waals surface area contributed by atoms with Gasteiger partial charge in [-0.25, -0.2) is 0 Å². The van der Waals surface area contributed by atoms with Crippen LogP contribution in [0.3, 0.4) is 0 Å². The summed E-state index contributed by atoms with van der Waals surface area (Å²) in [6.45, 7) is 7.64. The number of aromatic nitrogens is 3. The molecule has 146 valence electrons. The molecule has 0 radical (unpaired) electrons. The van der Waals surface area contributed by atoms with E-state index in [4.69, 9.17) is 5.73 Å². The van der Waals surface area contributed by atoms with E-state index < -0.39 is 0 Å². The number of nitrogens with two attached hydrogens (primary N) is 1. The molecule has 1 aromatic carbocycles. The maximum Gasteiger partial charge on any atom is 0.135 e. The zero-order valence-corrected chi connectivity index (χ0v) is 16.9. The van der Waals surface area contributed by atoms with E-state index in [0.29, 0.717) is 24.0 Å². The number of hydrogen-bond donors (Lipinski definition) is 1. The molecule has 2 fully saturated rings. The summed E-state index contributed by atoms with van der Waals surface area (Å²) in [6, 6.07) is 12.6. The van der Waals surface area contributed by atoms with Crippen LogP contribution in [0.25, 0.3) is 0 Å². The molecule has 27 heavy (non-hydrogen) atoms. The van der Waals surface area contributed by atoms with E-state index in [9.17, 15) is 0 Å². The Morgan fingerprint density at radius 2 is 1.70 bits per heavy atom. The van der Waals surface area contributed by atoms with Crippen LogP contribution in [-0.2, 0) is 0 Å². The lowest BCUT2D eigenvalue weighted by Crippen LogP contribution is -2.44. The number of benzene rings is 1. The Bertz CT molecular complexity index is 739. The Hall–Kier alpha value is -1.72. The van der Waals surface area contributed by atoms with Crippen LogP contribution < -0.4 is 5.73 Å². The Labute approximate surface area is 163 Å². The summed E-state index contributed by atoms with van der Waals surface area (Å²) in [5, 5.41) is 8.83. The van der Waals surface area contributed by atoms with Crippen LogP contribution in [0.1, 0.15) is 81.2 Å². The van der Waals surface area contributed by atoms with Gasteiger partial charge in [-0.05, 0) is 44.6 Å². The third-order valence-electron chi connectivity index (χ3n) is 6.56. The molecule has 2 N–H and O–H groups in total. The molecule has 0 spiro atoms. The second-order valence-corrected chi connectivity index (χ2v) is 8.68. The molecule has 2 saturated heterocycles. The van der Waals surface area contributed by atoms with Gasteiger partial charge in [-0.3, -0.25) is 4.90 Å². The Morgan fingerprint density at radius 3 is 2.33 bits per heavy atom.